The molecule has 0 saturated carbocycles. The molecule has 19 heavy (non-hydrogen) atoms. The fourth-order valence-corrected chi connectivity index (χ4v) is 1.85. The number of rotatable bonds is 6. The lowest BCUT2D eigenvalue weighted by atomic mass is 10.1. The Morgan fingerprint density at radius 3 is 3.00 bits per heavy atom. The molecule has 1 atom stereocenters. The highest BCUT2D eigenvalue weighted by atomic mass is 16.5. The highest BCUT2D eigenvalue weighted by Gasteiger charge is 2.08. The smallest absolute Gasteiger partial charge is 0.122 e. The van der Waals surface area contributed by atoms with Gasteiger partial charge in [-0.2, -0.15) is 0 Å². The number of ether oxygens (including phenoxy) is 1. The summed E-state index contributed by atoms with van der Waals surface area (Å²) in [7, 11) is 3.56. The van der Waals surface area contributed by atoms with Crippen LogP contribution in [0.5, 0.6) is 5.75 Å². The van der Waals surface area contributed by atoms with E-state index in [-0.39, 0.29) is 0 Å². The van der Waals surface area contributed by atoms with E-state index in [1.165, 1.54) is 0 Å². The largest absolute Gasteiger partial charge is 0.497 e. The molecule has 5 nitrogen and oxygen atoms in total. The molecule has 5 heteroatoms. The standard InChI is InChI=1S/C14H19N3O2/c1-17-7-6-16-14(17)10-15-9-13(18)11-4-3-5-12(8-11)19-2/h3-8,13,15,18H,9-10H2,1-2H3. The number of aliphatic hydroxyl groups is 1. The molecule has 0 spiro atoms. The highest BCUT2D eigenvalue weighted by Crippen LogP contribution is 2.18. The number of hydrogen-bond acceptors (Lipinski definition) is 4. The molecule has 0 fully saturated rings. The molecule has 1 heterocycles. The molecule has 0 aliphatic heterocycles. The molecule has 0 saturated heterocycles. The van der Waals surface area contributed by atoms with Crippen LogP contribution in [0.2, 0.25) is 0 Å². The van der Waals surface area contributed by atoms with Gasteiger partial charge in [0.05, 0.1) is 19.8 Å². The Kier molecular flexibility index (Phi) is 4.54. The van der Waals surface area contributed by atoms with Crippen LogP contribution in [-0.2, 0) is 13.6 Å². The minimum atomic E-state index is -0.560. The van der Waals surface area contributed by atoms with Gasteiger partial charge in [0.25, 0.3) is 0 Å². The van der Waals surface area contributed by atoms with Crippen LogP contribution in [0.15, 0.2) is 36.7 Å². The molecule has 1 aromatic heterocycles. The first-order chi connectivity index (χ1) is 9.20. The average molecular weight is 261 g/mol. The van der Waals surface area contributed by atoms with Gasteiger partial charge in [-0.05, 0) is 17.7 Å². The van der Waals surface area contributed by atoms with Gasteiger partial charge in [0.1, 0.15) is 11.6 Å². The van der Waals surface area contributed by atoms with Crippen molar-refractivity contribution in [3.8, 4) is 5.75 Å². The normalized spacial score (nSPS) is 12.4. The van der Waals surface area contributed by atoms with Crippen molar-refractivity contribution in [3.63, 3.8) is 0 Å². The van der Waals surface area contributed by atoms with Gasteiger partial charge in [-0.3, -0.25) is 0 Å². The van der Waals surface area contributed by atoms with Crippen LogP contribution < -0.4 is 10.1 Å². The fraction of sp³-hybridized carbons (Fsp3) is 0.357. The lowest BCUT2D eigenvalue weighted by Crippen LogP contribution is -2.22. The van der Waals surface area contributed by atoms with Crippen LogP contribution in [0, 0.1) is 0 Å². The van der Waals surface area contributed by atoms with Crippen molar-refractivity contribution < 1.29 is 9.84 Å². The Bertz CT molecular complexity index is 525. The van der Waals surface area contributed by atoms with E-state index in [9.17, 15) is 5.11 Å². The first-order valence-corrected chi connectivity index (χ1v) is 6.19. The van der Waals surface area contributed by atoms with Crippen molar-refractivity contribution in [1.82, 2.24) is 14.9 Å². The van der Waals surface area contributed by atoms with E-state index in [1.807, 2.05) is 42.1 Å². The second-order valence-electron chi connectivity index (χ2n) is 4.38. The van der Waals surface area contributed by atoms with E-state index in [1.54, 1.807) is 13.3 Å². The maximum Gasteiger partial charge on any atom is 0.122 e. The molecule has 0 aliphatic carbocycles. The maximum absolute atomic E-state index is 10.1. The summed E-state index contributed by atoms with van der Waals surface area (Å²) >= 11 is 0. The summed E-state index contributed by atoms with van der Waals surface area (Å²) in [5.74, 6) is 1.69. The van der Waals surface area contributed by atoms with Gasteiger partial charge in [0.15, 0.2) is 0 Å². The molecular formula is C14H19N3O2. The lowest BCUT2D eigenvalue weighted by molar-refractivity contribution is 0.173. The Balaban J connectivity index is 1.87. The highest BCUT2D eigenvalue weighted by molar-refractivity contribution is 5.29. The number of hydrogen-bond donors (Lipinski definition) is 2. The zero-order valence-corrected chi connectivity index (χ0v) is 11.2. The van der Waals surface area contributed by atoms with Crippen LogP contribution in [-0.4, -0.2) is 28.3 Å². The SMILES string of the molecule is COc1cccc(C(O)CNCc2nccn2C)c1. The van der Waals surface area contributed by atoms with Crippen LogP contribution in [0.25, 0.3) is 0 Å². The molecule has 0 amide bonds. The number of methoxy groups -OCH3 is 1. The summed E-state index contributed by atoms with van der Waals surface area (Å²) in [5.41, 5.74) is 0.840. The minimum Gasteiger partial charge on any atom is -0.497 e. The average Bonchev–Trinajstić information content (AvgIpc) is 2.84. The Labute approximate surface area is 112 Å². The zero-order chi connectivity index (χ0) is 13.7. The van der Waals surface area contributed by atoms with Crippen molar-refractivity contribution >= 4 is 0 Å². The molecule has 1 unspecified atom stereocenters. The molecule has 102 valence electrons. The second-order valence-corrected chi connectivity index (χ2v) is 4.38. The third-order valence-electron chi connectivity index (χ3n) is 3.02. The Morgan fingerprint density at radius 2 is 2.32 bits per heavy atom. The molecule has 2 N–H and O–H groups in total. The van der Waals surface area contributed by atoms with E-state index < -0.39 is 6.10 Å². The van der Waals surface area contributed by atoms with Gasteiger partial charge in [0, 0.05) is 26.0 Å². The van der Waals surface area contributed by atoms with Crippen molar-refractivity contribution in [2.45, 2.75) is 12.6 Å². The van der Waals surface area contributed by atoms with Crippen molar-refractivity contribution in [2.75, 3.05) is 13.7 Å². The van der Waals surface area contributed by atoms with Gasteiger partial charge >= 0.3 is 0 Å². The fourth-order valence-electron chi connectivity index (χ4n) is 1.85. The molecule has 2 aromatic rings. The number of imidazole rings is 1. The predicted molar refractivity (Wildman–Crippen MR) is 72.9 cm³/mol. The molecular weight excluding hydrogens is 242 g/mol. The van der Waals surface area contributed by atoms with Crippen LogP contribution in [0.3, 0.4) is 0 Å². The van der Waals surface area contributed by atoms with Crippen molar-refractivity contribution in [2.24, 2.45) is 7.05 Å². The van der Waals surface area contributed by atoms with Gasteiger partial charge in [-0.1, -0.05) is 12.1 Å². The first-order valence-electron chi connectivity index (χ1n) is 6.19. The quantitative estimate of drug-likeness (QED) is 0.821. The van der Waals surface area contributed by atoms with E-state index in [0.29, 0.717) is 13.1 Å². The molecule has 1 aromatic carbocycles. The minimum absolute atomic E-state index is 0.472. The summed E-state index contributed by atoms with van der Waals surface area (Å²) in [6, 6.07) is 7.45. The van der Waals surface area contributed by atoms with E-state index in [2.05, 4.69) is 10.3 Å². The maximum atomic E-state index is 10.1. The van der Waals surface area contributed by atoms with Gasteiger partial charge in [-0.25, -0.2) is 4.98 Å². The Morgan fingerprint density at radius 1 is 1.47 bits per heavy atom. The molecule has 0 radical (unpaired) electrons. The number of nitrogens with zero attached hydrogens (tertiary/aromatic N) is 2. The first kappa shape index (κ1) is 13.6. The van der Waals surface area contributed by atoms with E-state index in [4.69, 9.17) is 4.74 Å². The summed E-state index contributed by atoms with van der Waals surface area (Å²) in [5, 5.41) is 13.3. The van der Waals surface area contributed by atoms with Gasteiger partial charge in [0.2, 0.25) is 0 Å². The summed E-state index contributed by atoms with van der Waals surface area (Å²) < 4.78 is 7.09. The number of aliphatic hydroxyl groups excluding tert-OH is 1. The third-order valence-corrected chi connectivity index (χ3v) is 3.02. The zero-order valence-electron chi connectivity index (χ0n) is 11.2. The summed E-state index contributed by atoms with van der Waals surface area (Å²) in [4.78, 5) is 4.21. The topological polar surface area (TPSA) is 59.3 Å². The molecule has 0 bridgehead atoms. The third kappa shape index (κ3) is 3.56. The Hall–Kier alpha value is -1.85. The van der Waals surface area contributed by atoms with Gasteiger partial charge < -0.3 is 19.7 Å². The van der Waals surface area contributed by atoms with Crippen LogP contribution in [0.1, 0.15) is 17.5 Å². The molecule has 0 aliphatic rings. The van der Waals surface area contributed by atoms with Crippen molar-refractivity contribution in [1.29, 1.82) is 0 Å². The lowest BCUT2D eigenvalue weighted by Gasteiger charge is -2.13. The van der Waals surface area contributed by atoms with Crippen LogP contribution >= 0.6 is 0 Å². The monoisotopic (exact) mass is 261 g/mol. The van der Waals surface area contributed by atoms with Crippen molar-refractivity contribution in [3.05, 3.63) is 48.0 Å². The number of aryl methyl sites for hydroxylation is 1. The van der Waals surface area contributed by atoms with E-state index >= 15 is 0 Å². The number of aromatic nitrogens is 2. The van der Waals surface area contributed by atoms with E-state index in [0.717, 1.165) is 17.1 Å². The summed E-state index contributed by atoms with van der Waals surface area (Å²) in [6.45, 7) is 1.10. The number of benzene rings is 1. The second kappa shape index (κ2) is 6.36. The number of nitrogens with one attached hydrogen (secondary N) is 1. The van der Waals surface area contributed by atoms with Gasteiger partial charge in [-0.15, -0.1) is 0 Å². The summed E-state index contributed by atoms with van der Waals surface area (Å²) in [6.07, 6.45) is 3.10. The predicted octanol–water partition coefficient (Wildman–Crippen LogP) is 1.25. The van der Waals surface area contributed by atoms with Crippen LogP contribution in [0.4, 0.5) is 0 Å². The molecule has 2 rings (SSSR count).